The summed E-state index contributed by atoms with van der Waals surface area (Å²) in [6, 6.07) is 29.9. The number of benzene rings is 3. The number of nitrogens with zero attached hydrogens (tertiary/aromatic N) is 2. The van der Waals surface area contributed by atoms with Gasteiger partial charge in [0.2, 0.25) is 0 Å². The Morgan fingerprint density at radius 1 is 0.531 bits per heavy atom. The third kappa shape index (κ3) is 6.01. The fourth-order valence-electron chi connectivity index (χ4n) is 3.28. The van der Waals surface area contributed by atoms with Crippen LogP contribution in [0.4, 0.5) is 0 Å². The average molecular weight is 556 g/mol. The molecule has 4 nitrogen and oxygen atoms in total. The molecule has 154 valence electrons. The van der Waals surface area contributed by atoms with Crippen LogP contribution in [0.2, 0.25) is 0 Å². The van der Waals surface area contributed by atoms with Crippen LogP contribution in [0.15, 0.2) is 109 Å². The van der Waals surface area contributed by atoms with E-state index < -0.39 is 0 Å². The Balaban J connectivity index is 0.000000178. The molecule has 0 amide bonds. The summed E-state index contributed by atoms with van der Waals surface area (Å²) in [5.74, 6) is -0.279. The Kier molecular flexibility index (Phi) is 8.92. The van der Waals surface area contributed by atoms with Gasteiger partial charge in [0.1, 0.15) is 0 Å². The van der Waals surface area contributed by atoms with E-state index in [2.05, 4.69) is 34.2 Å². The van der Waals surface area contributed by atoms with Crippen molar-refractivity contribution in [3.63, 3.8) is 0 Å². The van der Waals surface area contributed by atoms with E-state index in [0.717, 1.165) is 21.8 Å². The molecule has 2 aromatic heterocycles. The summed E-state index contributed by atoms with van der Waals surface area (Å²) >= 11 is 0. The van der Waals surface area contributed by atoms with Gasteiger partial charge in [0, 0.05) is 34.3 Å². The van der Waals surface area contributed by atoms with Gasteiger partial charge in [-0.25, -0.2) is 0 Å². The van der Waals surface area contributed by atoms with E-state index in [1.807, 2.05) is 24.3 Å². The maximum absolute atomic E-state index is 11.8. The molecule has 0 saturated heterocycles. The molecule has 0 unspecified atom stereocenters. The van der Waals surface area contributed by atoms with Crippen molar-refractivity contribution in [1.29, 1.82) is 0 Å². The van der Waals surface area contributed by atoms with Crippen molar-refractivity contribution in [3.8, 4) is 0 Å². The van der Waals surface area contributed by atoms with Crippen LogP contribution in [0, 0.1) is 49.4 Å². The molecule has 5 heteroatoms. The molecule has 0 radical (unpaired) electrons. The van der Waals surface area contributed by atoms with Crippen LogP contribution in [-0.4, -0.2) is 21.5 Å². The van der Waals surface area contributed by atoms with E-state index >= 15 is 0 Å². The smallest absolute Gasteiger partial charge is 0.294 e. The first kappa shape index (κ1) is 24.1. The van der Waals surface area contributed by atoms with Crippen LogP contribution < -0.4 is 0 Å². The zero-order valence-electron chi connectivity index (χ0n) is 17.2. The minimum Gasteiger partial charge on any atom is -0.294 e. The van der Waals surface area contributed by atoms with Gasteiger partial charge in [0.25, 0.3) is 0 Å². The van der Waals surface area contributed by atoms with Crippen LogP contribution in [0.25, 0.3) is 21.8 Å². The number of pyridine rings is 2. The summed E-state index contributed by atoms with van der Waals surface area (Å²) in [5.41, 5.74) is 3.12. The predicted molar refractivity (Wildman–Crippen MR) is 123 cm³/mol. The summed E-state index contributed by atoms with van der Waals surface area (Å²) in [6.07, 6.45) is 3.53. The second kappa shape index (κ2) is 11.9. The maximum Gasteiger partial charge on any atom is 3.00 e. The number of carbonyl (C=O) groups is 2. The van der Waals surface area contributed by atoms with Crippen molar-refractivity contribution in [3.05, 3.63) is 121 Å². The summed E-state index contributed by atoms with van der Waals surface area (Å²) in [5, 5.41) is 2.28. The van der Waals surface area contributed by atoms with E-state index in [-0.39, 0.29) is 67.4 Å². The first-order chi connectivity index (χ1) is 15.2. The molecule has 3 aromatic carbocycles. The standard InChI is InChI=1S/C15H12O2.C12H8N2.Eu/c16-14(12-7-3-1-4-8-12)11-15(17)13-9-5-2-6-10-13;1-3-9-5-6-10-4-2-8-14-12(10)11(9)13-7-1;/h1-10H,11H2;1-8H;/q;;+3. The van der Waals surface area contributed by atoms with Crippen LogP contribution in [-0.2, 0) is 0 Å². The third-order valence-electron chi connectivity index (χ3n) is 4.86. The molecule has 0 fully saturated rings. The molecule has 0 bridgehead atoms. The Morgan fingerprint density at radius 3 is 1.34 bits per heavy atom. The van der Waals surface area contributed by atoms with Gasteiger partial charge in [-0.1, -0.05) is 84.9 Å². The number of aromatic nitrogens is 2. The average Bonchev–Trinajstić information content (AvgIpc) is 2.85. The van der Waals surface area contributed by atoms with Crippen LogP contribution >= 0.6 is 0 Å². The molecule has 5 rings (SSSR count). The number of Topliss-reactive ketones (excluding diaryl/α,β-unsaturated/α-hetero) is 2. The van der Waals surface area contributed by atoms with Crippen molar-refractivity contribution in [2.24, 2.45) is 0 Å². The van der Waals surface area contributed by atoms with E-state index in [1.54, 1.807) is 60.9 Å². The minimum absolute atomic E-state index is 0. The van der Waals surface area contributed by atoms with Crippen molar-refractivity contribution in [1.82, 2.24) is 9.97 Å². The SMILES string of the molecule is O=C(CC(=O)c1ccccc1)c1ccccc1.[Eu+3].c1cnc2c(c1)ccc1cccnc12. The minimum atomic E-state index is -0.139. The number of ketones is 2. The first-order valence-electron chi connectivity index (χ1n) is 9.97. The fraction of sp³-hybridized carbons (Fsp3) is 0.0370. The van der Waals surface area contributed by atoms with Crippen molar-refractivity contribution in [2.45, 2.75) is 6.42 Å². The van der Waals surface area contributed by atoms with Crippen LogP contribution in [0.1, 0.15) is 27.1 Å². The third-order valence-corrected chi connectivity index (χ3v) is 4.86. The zero-order chi connectivity index (χ0) is 21.5. The Morgan fingerprint density at radius 2 is 0.938 bits per heavy atom. The summed E-state index contributed by atoms with van der Waals surface area (Å²) in [4.78, 5) is 32.3. The topological polar surface area (TPSA) is 59.9 Å². The normalized spacial score (nSPS) is 10.0. The monoisotopic (exact) mass is 557 g/mol. The van der Waals surface area contributed by atoms with Gasteiger partial charge < -0.3 is 0 Å². The van der Waals surface area contributed by atoms with Gasteiger partial charge >= 0.3 is 49.4 Å². The molecule has 0 aliphatic rings. The van der Waals surface area contributed by atoms with E-state index in [1.165, 1.54) is 0 Å². The number of rotatable bonds is 4. The van der Waals surface area contributed by atoms with Crippen LogP contribution in [0.3, 0.4) is 0 Å². The molecule has 0 aliphatic heterocycles. The molecule has 0 saturated carbocycles. The maximum atomic E-state index is 11.8. The number of hydrogen-bond acceptors (Lipinski definition) is 4. The molecule has 0 aliphatic carbocycles. The molecular weight excluding hydrogens is 536 g/mol. The molecule has 0 N–H and O–H groups in total. The molecule has 32 heavy (non-hydrogen) atoms. The van der Waals surface area contributed by atoms with Gasteiger partial charge in [-0.3, -0.25) is 19.6 Å². The summed E-state index contributed by atoms with van der Waals surface area (Å²) in [6.45, 7) is 0. The molecule has 0 spiro atoms. The van der Waals surface area contributed by atoms with Gasteiger partial charge in [0.05, 0.1) is 17.5 Å². The predicted octanol–water partition coefficient (Wildman–Crippen LogP) is 5.93. The van der Waals surface area contributed by atoms with Gasteiger partial charge in [0.15, 0.2) is 11.6 Å². The summed E-state index contributed by atoms with van der Waals surface area (Å²) in [7, 11) is 0. The molecule has 2 heterocycles. The van der Waals surface area contributed by atoms with Crippen LogP contribution in [0.5, 0.6) is 0 Å². The zero-order valence-corrected chi connectivity index (χ0v) is 19.6. The second-order valence-corrected chi connectivity index (χ2v) is 6.97. The van der Waals surface area contributed by atoms with E-state index in [4.69, 9.17) is 0 Å². The molecule has 0 atom stereocenters. The first-order valence-corrected chi connectivity index (χ1v) is 9.97. The van der Waals surface area contributed by atoms with Gasteiger partial charge in [-0.05, 0) is 12.1 Å². The quantitative estimate of drug-likeness (QED) is 0.157. The molecule has 5 aromatic rings. The van der Waals surface area contributed by atoms with E-state index in [0.29, 0.717) is 11.1 Å². The summed E-state index contributed by atoms with van der Waals surface area (Å²) < 4.78 is 0. The van der Waals surface area contributed by atoms with Gasteiger partial charge in [-0.2, -0.15) is 0 Å². The second-order valence-electron chi connectivity index (χ2n) is 6.97. The van der Waals surface area contributed by atoms with Crippen molar-refractivity contribution >= 4 is 33.4 Å². The number of fused-ring (bicyclic) bond motifs is 3. The number of hydrogen-bond donors (Lipinski definition) is 0. The number of carbonyl (C=O) groups excluding carboxylic acids is 2. The Bertz CT molecular complexity index is 1240. The fourth-order valence-corrected chi connectivity index (χ4v) is 3.28. The van der Waals surface area contributed by atoms with Crippen molar-refractivity contribution < 1.29 is 59.0 Å². The molecular formula is C27H20EuN2O2+3. The Hall–Kier alpha value is -2.60. The van der Waals surface area contributed by atoms with Gasteiger partial charge in [-0.15, -0.1) is 0 Å². The van der Waals surface area contributed by atoms with E-state index in [9.17, 15) is 9.59 Å². The Labute approximate surface area is 227 Å². The largest absolute Gasteiger partial charge is 3.00 e. The van der Waals surface area contributed by atoms with Crippen molar-refractivity contribution in [2.75, 3.05) is 0 Å².